The van der Waals surface area contributed by atoms with E-state index in [2.05, 4.69) is 10.0 Å². The van der Waals surface area contributed by atoms with Crippen LogP contribution in [0.5, 0.6) is 0 Å². The van der Waals surface area contributed by atoms with Crippen molar-refractivity contribution in [3.05, 3.63) is 64.9 Å². The average molecular weight is 537 g/mol. The molecule has 0 radical (unpaired) electrons. The van der Waals surface area contributed by atoms with Crippen molar-refractivity contribution >= 4 is 39.3 Å². The van der Waals surface area contributed by atoms with Crippen LogP contribution in [0.4, 0.5) is 10.1 Å². The third kappa shape index (κ3) is 6.23. The Labute approximate surface area is 216 Å². The first-order chi connectivity index (χ1) is 17.2. The van der Waals surface area contributed by atoms with Crippen LogP contribution >= 0.6 is 11.6 Å². The van der Waals surface area contributed by atoms with Crippen LogP contribution < -0.4 is 14.9 Å². The fourth-order valence-corrected chi connectivity index (χ4v) is 5.99. The third-order valence-electron chi connectivity index (χ3n) is 6.42. The Morgan fingerprint density at radius 3 is 2.42 bits per heavy atom. The van der Waals surface area contributed by atoms with Crippen LogP contribution in [0.2, 0.25) is 5.02 Å². The molecule has 36 heavy (non-hydrogen) atoms. The van der Waals surface area contributed by atoms with Crippen molar-refractivity contribution in [2.24, 2.45) is 0 Å². The lowest BCUT2D eigenvalue weighted by molar-refractivity contribution is -0.127. The van der Waals surface area contributed by atoms with Crippen molar-refractivity contribution in [3.8, 4) is 0 Å². The van der Waals surface area contributed by atoms with E-state index in [0.29, 0.717) is 18.7 Å². The van der Waals surface area contributed by atoms with Crippen molar-refractivity contribution in [3.63, 3.8) is 0 Å². The Morgan fingerprint density at radius 2 is 1.78 bits per heavy atom. The van der Waals surface area contributed by atoms with Crippen LogP contribution in [-0.4, -0.2) is 49.7 Å². The molecule has 0 aromatic heterocycles. The highest BCUT2D eigenvalue weighted by atomic mass is 35.5. The fourth-order valence-electron chi connectivity index (χ4n) is 4.49. The quantitative estimate of drug-likeness (QED) is 0.479. The van der Waals surface area contributed by atoms with Gasteiger partial charge in [-0.1, -0.05) is 55.1 Å². The van der Waals surface area contributed by atoms with E-state index in [9.17, 15) is 22.4 Å². The van der Waals surface area contributed by atoms with Crippen molar-refractivity contribution in [1.29, 1.82) is 0 Å². The molecule has 0 bridgehead atoms. The Balaban J connectivity index is 1.75. The third-order valence-corrected chi connectivity index (χ3v) is 8.46. The normalized spacial score (nSPS) is 18.3. The Bertz CT molecular complexity index is 1220. The van der Waals surface area contributed by atoms with Gasteiger partial charge in [0.25, 0.3) is 10.2 Å². The maximum atomic E-state index is 14.3. The second-order valence-corrected chi connectivity index (χ2v) is 11.3. The van der Waals surface area contributed by atoms with Gasteiger partial charge in [-0.2, -0.15) is 17.4 Å². The minimum Gasteiger partial charge on any atom is -0.351 e. The second-order valence-electron chi connectivity index (χ2n) is 9.20. The summed E-state index contributed by atoms with van der Waals surface area (Å²) >= 11 is 6.50. The highest BCUT2D eigenvalue weighted by molar-refractivity contribution is 7.87. The number of halogens is 2. The van der Waals surface area contributed by atoms with Gasteiger partial charge in [-0.3, -0.25) is 14.5 Å². The molecule has 8 nitrogen and oxygen atoms in total. The van der Waals surface area contributed by atoms with Crippen LogP contribution in [0.15, 0.2) is 48.5 Å². The summed E-state index contributed by atoms with van der Waals surface area (Å²) in [4.78, 5) is 28.8. The molecule has 2 aromatic rings. The van der Waals surface area contributed by atoms with E-state index in [1.807, 2.05) is 0 Å². The molecule has 2 fully saturated rings. The highest BCUT2D eigenvalue weighted by Crippen LogP contribution is 2.33. The minimum atomic E-state index is -3.86. The molecule has 2 aromatic carbocycles. The van der Waals surface area contributed by atoms with E-state index in [1.165, 1.54) is 29.4 Å². The number of anilines is 1. The van der Waals surface area contributed by atoms with E-state index in [4.69, 9.17) is 11.6 Å². The molecular weight excluding hydrogens is 507 g/mol. The predicted molar refractivity (Wildman–Crippen MR) is 136 cm³/mol. The maximum Gasteiger partial charge on any atom is 0.280 e. The van der Waals surface area contributed by atoms with Crippen LogP contribution in [0, 0.1) is 5.82 Å². The molecule has 1 saturated carbocycles. The van der Waals surface area contributed by atoms with Crippen LogP contribution in [0.25, 0.3) is 0 Å². The molecule has 11 heteroatoms. The summed E-state index contributed by atoms with van der Waals surface area (Å²) < 4.78 is 42.9. The fraction of sp³-hybridized carbons (Fsp3) is 0.440. The monoisotopic (exact) mass is 536 g/mol. The molecule has 194 valence electrons. The molecule has 2 N–H and O–H groups in total. The van der Waals surface area contributed by atoms with Gasteiger partial charge in [-0.15, -0.1) is 0 Å². The Morgan fingerprint density at radius 1 is 1.08 bits per heavy atom. The topological polar surface area (TPSA) is 98.6 Å². The molecule has 2 atom stereocenters. The van der Waals surface area contributed by atoms with Crippen molar-refractivity contribution in [2.75, 3.05) is 18.0 Å². The molecule has 2 aliphatic rings. The summed E-state index contributed by atoms with van der Waals surface area (Å²) in [5, 5.41) is 3.30. The Kier molecular flexibility index (Phi) is 8.29. The molecule has 2 amide bonds. The van der Waals surface area contributed by atoms with Gasteiger partial charge in [-0.25, -0.2) is 4.39 Å². The first-order valence-electron chi connectivity index (χ1n) is 12.1. The van der Waals surface area contributed by atoms with Gasteiger partial charge < -0.3 is 5.32 Å². The van der Waals surface area contributed by atoms with Gasteiger partial charge in [0.2, 0.25) is 11.8 Å². The first kappa shape index (κ1) is 26.5. The van der Waals surface area contributed by atoms with Gasteiger partial charge in [0.05, 0.1) is 6.04 Å². The number of nitrogens with one attached hydrogen (secondary N) is 2. The summed E-state index contributed by atoms with van der Waals surface area (Å²) in [6, 6.07) is 9.42. The van der Waals surface area contributed by atoms with E-state index in [0.717, 1.165) is 43.1 Å². The number of nitrogens with zero attached hydrogens (tertiary/aromatic N) is 2. The average Bonchev–Trinajstić information content (AvgIpc) is 3.69. The molecule has 1 heterocycles. The summed E-state index contributed by atoms with van der Waals surface area (Å²) in [5.41, 5.74) is 0.465. The maximum absolute atomic E-state index is 14.3. The Hall–Kier alpha value is -2.53. The van der Waals surface area contributed by atoms with Gasteiger partial charge >= 0.3 is 0 Å². The first-order valence-corrected chi connectivity index (χ1v) is 13.9. The zero-order valence-electron chi connectivity index (χ0n) is 20.0. The number of hydrogen-bond acceptors (Lipinski definition) is 4. The highest BCUT2D eigenvalue weighted by Gasteiger charge is 2.40. The zero-order chi connectivity index (χ0) is 25.9. The smallest absolute Gasteiger partial charge is 0.280 e. The lowest BCUT2D eigenvalue weighted by Gasteiger charge is -2.35. The number of carbonyl (C=O) groups excluding carboxylic acids is 2. The lowest BCUT2D eigenvalue weighted by Crippen LogP contribution is -2.53. The molecular formula is C25H30ClFN4O4S. The summed E-state index contributed by atoms with van der Waals surface area (Å²) in [5.74, 6) is -1.78. The number of rotatable bonds is 9. The number of amides is 2. The molecule has 4 rings (SSSR count). The molecule has 0 spiro atoms. The minimum absolute atomic E-state index is 0.0562. The number of hydrogen-bond donors (Lipinski definition) is 2. The van der Waals surface area contributed by atoms with Crippen LogP contribution in [0.3, 0.4) is 0 Å². The van der Waals surface area contributed by atoms with Crippen LogP contribution in [-0.2, 0) is 19.8 Å². The standard InChI is InChI=1S/C25H30ClFN4O4S/c1-17(29-36(34,35)30-14-15-30)25(33)31(20-11-7-8-18(27)16-20)23(21-12-5-6-13-22(21)26)24(32)28-19-9-3-2-4-10-19/h5-8,11-13,16-17,19,23,29H,2-4,9-10,14-15H2,1H3,(H,28,32)/t17?,23-/m0/s1. The lowest BCUT2D eigenvalue weighted by atomic mass is 9.94. The second kappa shape index (κ2) is 11.2. The van der Waals surface area contributed by atoms with Crippen molar-refractivity contribution in [2.45, 2.75) is 57.2 Å². The molecule has 1 saturated heterocycles. The van der Waals surface area contributed by atoms with E-state index in [1.54, 1.807) is 24.3 Å². The van der Waals surface area contributed by atoms with E-state index in [-0.39, 0.29) is 16.8 Å². The van der Waals surface area contributed by atoms with Crippen molar-refractivity contribution in [1.82, 2.24) is 14.3 Å². The van der Waals surface area contributed by atoms with Gasteiger partial charge in [0, 0.05) is 35.4 Å². The zero-order valence-corrected chi connectivity index (χ0v) is 21.6. The molecule has 1 aliphatic heterocycles. The summed E-state index contributed by atoms with van der Waals surface area (Å²) in [6.45, 7) is 2.14. The molecule has 1 unspecified atom stereocenters. The van der Waals surface area contributed by atoms with Crippen LogP contribution in [0.1, 0.15) is 50.6 Å². The summed E-state index contributed by atoms with van der Waals surface area (Å²) in [7, 11) is -3.86. The molecule has 1 aliphatic carbocycles. The number of benzene rings is 2. The summed E-state index contributed by atoms with van der Waals surface area (Å²) in [6.07, 6.45) is 4.72. The van der Waals surface area contributed by atoms with E-state index >= 15 is 0 Å². The largest absolute Gasteiger partial charge is 0.351 e. The SMILES string of the molecule is CC(NS(=O)(=O)N1CC1)C(=O)N(c1cccc(F)c1)[C@H](C(=O)NC1CCCCC1)c1ccccc1Cl. The van der Waals surface area contributed by atoms with Gasteiger partial charge in [0.1, 0.15) is 11.9 Å². The van der Waals surface area contributed by atoms with Gasteiger partial charge in [0.15, 0.2) is 0 Å². The van der Waals surface area contributed by atoms with Gasteiger partial charge in [-0.05, 0) is 44.0 Å². The van der Waals surface area contributed by atoms with Crippen molar-refractivity contribution < 1.29 is 22.4 Å². The number of carbonyl (C=O) groups is 2. The van der Waals surface area contributed by atoms with E-state index < -0.39 is 39.9 Å². The predicted octanol–water partition coefficient (Wildman–Crippen LogP) is 3.54.